The average Bonchev–Trinajstić information content (AvgIpc) is 3.11. The van der Waals surface area contributed by atoms with Crippen molar-refractivity contribution in [1.82, 2.24) is 9.97 Å². The summed E-state index contributed by atoms with van der Waals surface area (Å²) in [6, 6.07) is 0. The quantitative estimate of drug-likeness (QED) is 0.385. The van der Waals surface area contributed by atoms with Crippen LogP contribution in [0.5, 0.6) is 0 Å². The van der Waals surface area contributed by atoms with Crippen molar-refractivity contribution in [3.05, 3.63) is 32.2 Å². The van der Waals surface area contributed by atoms with Crippen molar-refractivity contribution in [1.29, 1.82) is 0 Å². The summed E-state index contributed by atoms with van der Waals surface area (Å²) in [5, 5.41) is 7.11. The third-order valence-electron chi connectivity index (χ3n) is 5.36. The zero-order valence-electron chi connectivity index (χ0n) is 21.1. The highest BCUT2D eigenvalue weighted by atomic mass is 32.1. The Kier molecular flexibility index (Phi) is 8.00. The Hall–Kier alpha value is -0.740. The Labute approximate surface area is 194 Å². The van der Waals surface area contributed by atoms with E-state index in [1.807, 2.05) is 22.7 Å². The molecule has 2 rings (SSSR count). The maximum absolute atomic E-state index is 4.94. The zero-order valence-corrected chi connectivity index (χ0v) is 22.7. The normalized spacial score (nSPS) is 13.8. The van der Waals surface area contributed by atoms with Gasteiger partial charge in [0.15, 0.2) is 0 Å². The Bertz CT molecular complexity index is 729. The van der Waals surface area contributed by atoms with Crippen molar-refractivity contribution >= 4 is 22.7 Å². The van der Waals surface area contributed by atoms with Crippen LogP contribution < -0.4 is 0 Å². The molecular formula is C26H44N2S2. The first-order valence-electron chi connectivity index (χ1n) is 11.4. The van der Waals surface area contributed by atoms with Gasteiger partial charge in [0, 0.05) is 23.6 Å². The van der Waals surface area contributed by atoms with Crippen molar-refractivity contribution in [2.45, 2.75) is 108 Å². The lowest BCUT2D eigenvalue weighted by Gasteiger charge is -2.30. The van der Waals surface area contributed by atoms with Crippen LogP contribution in [0.4, 0.5) is 0 Å². The molecule has 2 aromatic heterocycles. The summed E-state index contributed by atoms with van der Waals surface area (Å²) in [4.78, 5) is 9.87. The van der Waals surface area contributed by atoms with E-state index in [-0.39, 0.29) is 10.8 Å². The van der Waals surface area contributed by atoms with E-state index in [2.05, 4.69) is 80.0 Å². The Morgan fingerprint density at radius 3 is 1.20 bits per heavy atom. The monoisotopic (exact) mass is 448 g/mol. The van der Waals surface area contributed by atoms with Gasteiger partial charge in [-0.05, 0) is 47.3 Å². The van der Waals surface area contributed by atoms with Gasteiger partial charge in [-0.2, -0.15) is 0 Å². The van der Waals surface area contributed by atoms with Gasteiger partial charge in [0.25, 0.3) is 0 Å². The predicted molar refractivity (Wildman–Crippen MR) is 135 cm³/mol. The summed E-state index contributed by atoms with van der Waals surface area (Å²) in [5.41, 5.74) is 3.66. The van der Waals surface area contributed by atoms with Crippen LogP contribution in [0.2, 0.25) is 0 Å². The molecule has 0 aliphatic carbocycles. The SMILES string of the molecule is CC(C)(C)Cc1csc(CC(C)(C)CCC(C)(C)Cc2nc(CC(C)(C)C)cs2)n1. The largest absolute Gasteiger partial charge is 0.246 e. The van der Waals surface area contributed by atoms with E-state index >= 15 is 0 Å². The van der Waals surface area contributed by atoms with Crippen molar-refractivity contribution < 1.29 is 0 Å². The van der Waals surface area contributed by atoms with Crippen molar-refractivity contribution in [2.24, 2.45) is 21.7 Å². The van der Waals surface area contributed by atoms with E-state index in [1.54, 1.807) is 0 Å². The molecule has 0 atom stereocenters. The third-order valence-corrected chi connectivity index (χ3v) is 7.15. The zero-order chi connectivity index (χ0) is 22.8. The summed E-state index contributed by atoms with van der Waals surface area (Å²) >= 11 is 3.68. The van der Waals surface area contributed by atoms with Gasteiger partial charge in [0.2, 0.25) is 0 Å². The van der Waals surface area contributed by atoms with Crippen LogP contribution in [0.15, 0.2) is 10.8 Å². The molecule has 0 spiro atoms. The molecule has 0 saturated carbocycles. The Morgan fingerprint density at radius 1 is 0.567 bits per heavy atom. The molecule has 0 N–H and O–H groups in total. The topological polar surface area (TPSA) is 25.8 Å². The van der Waals surface area contributed by atoms with E-state index in [1.165, 1.54) is 34.2 Å². The maximum atomic E-state index is 4.94. The van der Waals surface area contributed by atoms with E-state index in [4.69, 9.17) is 9.97 Å². The molecule has 0 fully saturated rings. The van der Waals surface area contributed by atoms with Gasteiger partial charge in [0.1, 0.15) is 0 Å². The molecule has 0 radical (unpaired) electrons. The number of thiazole rings is 2. The summed E-state index contributed by atoms with van der Waals surface area (Å²) in [5.74, 6) is 0. The fourth-order valence-electron chi connectivity index (χ4n) is 3.78. The molecule has 2 heterocycles. The minimum Gasteiger partial charge on any atom is -0.246 e. The molecule has 0 unspecified atom stereocenters. The van der Waals surface area contributed by atoms with E-state index in [0.717, 1.165) is 25.7 Å². The molecule has 30 heavy (non-hydrogen) atoms. The number of hydrogen-bond acceptors (Lipinski definition) is 4. The molecule has 0 amide bonds. The lowest BCUT2D eigenvalue weighted by atomic mass is 9.76. The second kappa shape index (κ2) is 9.40. The number of aromatic nitrogens is 2. The predicted octanol–water partition coefficient (Wildman–Crippen LogP) is 8.39. The maximum Gasteiger partial charge on any atom is 0.0933 e. The minimum atomic E-state index is 0.272. The van der Waals surface area contributed by atoms with Crippen LogP contribution in [0.3, 0.4) is 0 Å². The average molecular weight is 449 g/mol. The number of rotatable bonds is 9. The lowest BCUT2D eigenvalue weighted by molar-refractivity contribution is 0.236. The highest BCUT2D eigenvalue weighted by Crippen LogP contribution is 2.37. The third kappa shape index (κ3) is 9.60. The van der Waals surface area contributed by atoms with Gasteiger partial charge in [-0.15, -0.1) is 22.7 Å². The van der Waals surface area contributed by atoms with Gasteiger partial charge in [0.05, 0.1) is 21.4 Å². The second-order valence-electron chi connectivity index (χ2n) is 13.1. The molecule has 0 aliphatic heterocycles. The van der Waals surface area contributed by atoms with Crippen LogP contribution >= 0.6 is 22.7 Å². The van der Waals surface area contributed by atoms with E-state index in [0.29, 0.717) is 10.8 Å². The number of hydrogen-bond donors (Lipinski definition) is 0. The van der Waals surface area contributed by atoms with Gasteiger partial charge >= 0.3 is 0 Å². The fourth-order valence-corrected chi connectivity index (χ4v) is 5.89. The molecule has 0 aliphatic rings. The first-order chi connectivity index (χ1) is 13.5. The van der Waals surface area contributed by atoms with Crippen LogP contribution in [0.25, 0.3) is 0 Å². The molecule has 4 heteroatoms. The highest BCUT2D eigenvalue weighted by Gasteiger charge is 2.27. The van der Waals surface area contributed by atoms with E-state index in [9.17, 15) is 0 Å². The van der Waals surface area contributed by atoms with Gasteiger partial charge < -0.3 is 0 Å². The summed E-state index contributed by atoms with van der Waals surface area (Å²) in [6.07, 6.45) is 6.70. The molecule has 0 aromatic carbocycles. The fraction of sp³-hybridized carbons (Fsp3) is 0.769. The van der Waals surface area contributed by atoms with Crippen molar-refractivity contribution in [2.75, 3.05) is 0 Å². The van der Waals surface area contributed by atoms with Gasteiger partial charge in [-0.25, -0.2) is 9.97 Å². The first-order valence-corrected chi connectivity index (χ1v) is 13.1. The second-order valence-corrected chi connectivity index (χ2v) is 15.0. The number of nitrogens with zero attached hydrogens (tertiary/aromatic N) is 2. The van der Waals surface area contributed by atoms with Crippen LogP contribution in [-0.4, -0.2) is 9.97 Å². The molecule has 170 valence electrons. The van der Waals surface area contributed by atoms with Crippen molar-refractivity contribution in [3.8, 4) is 0 Å². The minimum absolute atomic E-state index is 0.272. The van der Waals surface area contributed by atoms with Gasteiger partial charge in [-0.1, -0.05) is 69.2 Å². The molecule has 2 aromatic rings. The van der Waals surface area contributed by atoms with E-state index < -0.39 is 0 Å². The van der Waals surface area contributed by atoms with Gasteiger partial charge in [-0.3, -0.25) is 0 Å². The Morgan fingerprint density at radius 2 is 0.900 bits per heavy atom. The van der Waals surface area contributed by atoms with Crippen LogP contribution in [0.1, 0.15) is 103 Å². The summed E-state index contributed by atoms with van der Waals surface area (Å²) in [6.45, 7) is 23.3. The molecule has 0 bridgehead atoms. The Balaban J connectivity index is 1.89. The summed E-state index contributed by atoms with van der Waals surface area (Å²) in [7, 11) is 0. The smallest absolute Gasteiger partial charge is 0.0933 e. The van der Waals surface area contributed by atoms with Crippen LogP contribution in [-0.2, 0) is 25.7 Å². The first kappa shape index (κ1) is 25.5. The standard InChI is InChI=1S/C26H44N2S2/c1-23(2,3)13-19-17-29-21(27-19)15-25(7,8)11-12-26(9,10)16-22-28-20(18-30-22)14-24(4,5)6/h17-18H,11-16H2,1-10H3. The molecule has 2 nitrogen and oxygen atoms in total. The lowest BCUT2D eigenvalue weighted by Crippen LogP contribution is -2.22. The van der Waals surface area contributed by atoms with Crippen molar-refractivity contribution in [3.63, 3.8) is 0 Å². The summed E-state index contributed by atoms with van der Waals surface area (Å²) < 4.78 is 0. The van der Waals surface area contributed by atoms with Crippen LogP contribution in [0, 0.1) is 21.7 Å². The highest BCUT2D eigenvalue weighted by molar-refractivity contribution is 7.09. The molecular weight excluding hydrogens is 404 g/mol. The molecule has 0 saturated heterocycles.